The summed E-state index contributed by atoms with van der Waals surface area (Å²) in [6.07, 6.45) is -6.85. The average molecular weight is 346 g/mol. The molecule has 1 fully saturated rings. The van der Waals surface area contributed by atoms with Crippen LogP contribution < -0.4 is 18.9 Å². The lowest BCUT2D eigenvalue weighted by atomic mass is 9.99. The zero-order chi connectivity index (χ0) is 17.9. The topological polar surface area (TPSA) is 127 Å². The third-order valence-corrected chi connectivity index (χ3v) is 3.74. The Bertz CT molecular complexity index is 523. The number of hydrogen-bond acceptors (Lipinski definition) is 9. The molecule has 1 aliphatic heterocycles. The normalized spacial score (nSPS) is 29.9. The molecule has 0 amide bonds. The van der Waals surface area contributed by atoms with E-state index < -0.39 is 37.3 Å². The summed E-state index contributed by atoms with van der Waals surface area (Å²) in [6.45, 7) is -0.542. The molecule has 136 valence electrons. The highest BCUT2D eigenvalue weighted by Gasteiger charge is 2.44. The van der Waals surface area contributed by atoms with Crippen LogP contribution in [0.3, 0.4) is 0 Å². The molecule has 0 bridgehead atoms. The molecular weight excluding hydrogens is 324 g/mol. The molecule has 24 heavy (non-hydrogen) atoms. The molecule has 2 rings (SSSR count). The van der Waals surface area contributed by atoms with Gasteiger partial charge >= 0.3 is 0 Å². The van der Waals surface area contributed by atoms with Crippen LogP contribution in [0.1, 0.15) is 0 Å². The summed E-state index contributed by atoms with van der Waals surface area (Å²) in [6, 6.07) is 2.98. The van der Waals surface area contributed by atoms with Crippen molar-refractivity contribution in [2.24, 2.45) is 0 Å². The lowest BCUT2D eigenvalue weighted by molar-refractivity contribution is -0.277. The molecule has 4 N–H and O–H groups in total. The number of aliphatic hydroxyl groups is 4. The summed E-state index contributed by atoms with van der Waals surface area (Å²) in [5, 5.41) is 38.8. The molecule has 1 aliphatic rings. The number of aliphatic hydroxyl groups excluding tert-OH is 4. The first-order chi connectivity index (χ1) is 11.5. The summed E-state index contributed by atoms with van der Waals surface area (Å²) in [5.41, 5.74) is 0. The summed E-state index contributed by atoms with van der Waals surface area (Å²) < 4.78 is 26.4. The van der Waals surface area contributed by atoms with Crippen molar-refractivity contribution in [3.05, 3.63) is 12.1 Å². The summed E-state index contributed by atoms with van der Waals surface area (Å²) in [5.74, 6) is 1.24. The van der Waals surface area contributed by atoms with E-state index in [9.17, 15) is 20.4 Å². The molecule has 1 aromatic carbocycles. The minimum atomic E-state index is -1.53. The van der Waals surface area contributed by atoms with E-state index in [1.54, 1.807) is 0 Å². The molecule has 1 unspecified atom stereocenters. The molecule has 9 heteroatoms. The Hall–Kier alpha value is -1.78. The Morgan fingerprint density at radius 2 is 1.50 bits per heavy atom. The molecule has 1 saturated heterocycles. The first-order valence-corrected chi connectivity index (χ1v) is 7.24. The fourth-order valence-corrected chi connectivity index (χ4v) is 2.42. The van der Waals surface area contributed by atoms with E-state index in [2.05, 4.69) is 0 Å². The van der Waals surface area contributed by atoms with Crippen LogP contribution in [-0.2, 0) is 4.74 Å². The number of benzene rings is 1. The highest BCUT2D eigenvalue weighted by Crippen LogP contribution is 2.41. The monoisotopic (exact) mass is 346 g/mol. The SMILES string of the molecule is COc1cc(O[C@H]2O[C@H](CO)[C@H](O)C(O)[C@H]2O)cc(OC)c1OC. The highest BCUT2D eigenvalue weighted by molar-refractivity contribution is 5.55. The lowest BCUT2D eigenvalue weighted by Crippen LogP contribution is -2.60. The molecular formula is C15H22O9. The maximum atomic E-state index is 10.0. The summed E-state index contributed by atoms with van der Waals surface area (Å²) >= 11 is 0. The van der Waals surface area contributed by atoms with Gasteiger partial charge in [-0.25, -0.2) is 0 Å². The van der Waals surface area contributed by atoms with Crippen molar-refractivity contribution >= 4 is 0 Å². The van der Waals surface area contributed by atoms with E-state index in [0.29, 0.717) is 17.2 Å². The van der Waals surface area contributed by atoms with Crippen molar-refractivity contribution in [2.75, 3.05) is 27.9 Å². The molecule has 0 spiro atoms. The van der Waals surface area contributed by atoms with Crippen molar-refractivity contribution < 1.29 is 44.1 Å². The van der Waals surface area contributed by atoms with Gasteiger partial charge < -0.3 is 44.1 Å². The lowest BCUT2D eigenvalue weighted by Gasteiger charge is -2.39. The van der Waals surface area contributed by atoms with Gasteiger partial charge in [-0.1, -0.05) is 0 Å². The maximum absolute atomic E-state index is 10.0. The third kappa shape index (κ3) is 3.50. The second-order valence-corrected chi connectivity index (χ2v) is 5.18. The van der Waals surface area contributed by atoms with Crippen molar-refractivity contribution in [3.8, 4) is 23.0 Å². The molecule has 5 atom stereocenters. The molecule has 0 aromatic heterocycles. The quantitative estimate of drug-likeness (QED) is 0.507. The van der Waals surface area contributed by atoms with Crippen LogP contribution in [0.4, 0.5) is 0 Å². The Morgan fingerprint density at radius 1 is 0.917 bits per heavy atom. The van der Waals surface area contributed by atoms with Crippen LogP contribution in [0, 0.1) is 0 Å². The third-order valence-electron chi connectivity index (χ3n) is 3.74. The average Bonchev–Trinajstić information content (AvgIpc) is 2.61. The van der Waals surface area contributed by atoms with Gasteiger partial charge in [-0.2, -0.15) is 0 Å². The predicted molar refractivity (Wildman–Crippen MR) is 80.5 cm³/mol. The van der Waals surface area contributed by atoms with Gasteiger partial charge in [-0.15, -0.1) is 0 Å². The second kappa shape index (κ2) is 7.86. The summed E-state index contributed by atoms with van der Waals surface area (Å²) in [7, 11) is 4.34. The fraction of sp³-hybridized carbons (Fsp3) is 0.600. The Morgan fingerprint density at radius 3 is 1.96 bits per heavy atom. The number of rotatable bonds is 6. The van der Waals surface area contributed by atoms with Gasteiger partial charge in [-0.3, -0.25) is 0 Å². The van der Waals surface area contributed by atoms with E-state index in [1.165, 1.54) is 33.5 Å². The van der Waals surface area contributed by atoms with E-state index in [4.69, 9.17) is 23.7 Å². The zero-order valence-corrected chi connectivity index (χ0v) is 13.6. The Labute approximate surface area is 138 Å². The standard InChI is InChI=1S/C15H22O9/c1-20-8-4-7(5-9(21-2)14(8)22-3)23-15-13(19)12(18)11(17)10(6-16)24-15/h4-5,10-13,15-19H,6H2,1-3H3/t10-,11+,12?,13-,15+/m1/s1. The van der Waals surface area contributed by atoms with Crippen molar-refractivity contribution in [1.82, 2.24) is 0 Å². The second-order valence-electron chi connectivity index (χ2n) is 5.18. The zero-order valence-electron chi connectivity index (χ0n) is 13.6. The molecule has 0 saturated carbocycles. The fourth-order valence-electron chi connectivity index (χ4n) is 2.42. The van der Waals surface area contributed by atoms with E-state index in [0.717, 1.165) is 0 Å². The Kier molecular flexibility index (Phi) is 6.08. The molecule has 9 nitrogen and oxygen atoms in total. The van der Waals surface area contributed by atoms with E-state index >= 15 is 0 Å². The van der Waals surface area contributed by atoms with E-state index in [1.807, 2.05) is 0 Å². The molecule has 1 aromatic rings. The van der Waals surface area contributed by atoms with Crippen LogP contribution in [0.5, 0.6) is 23.0 Å². The first-order valence-electron chi connectivity index (χ1n) is 7.24. The van der Waals surface area contributed by atoms with Crippen LogP contribution in [0.15, 0.2) is 12.1 Å². The molecule has 1 heterocycles. The minimum Gasteiger partial charge on any atom is -0.493 e. The van der Waals surface area contributed by atoms with Gasteiger partial charge in [0, 0.05) is 12.1 Å². The number of methoxy groups -OCH3 is 3. The van der Waals surface area contributed by atoms with Crippen LogP contribution in [-0.4, -0.2) is 79.1 Å². The van der Waals surface area contributed by atoms with Crippen LogP contribution in [0.25, 0.3) is 0 Å². The van der Waals surface area contributed by atoms with Gasteiger partial charge in [0.25, 0.3) is 0 Å². The highest BCUT2D eigenvalue weighted by atomic mass is 16.7. The van der Waals surface area contributed by atoms with Gasteiger partial charge in [0.1, 0.15) is 30.2 Å². The minimum absolute atomic E-state index is 0.217. The van der Waals surface area contributed by atoms with E-state index in [-0.39, 0.29) is 5.75 Å². The molecule has 0 radical (unpaired) electrons. The predicted octanol–water partition coefficient (Wildman–Crippen LogP) is -1.11. The smallest absolute Gasteiger partial charge is 0.229 e. The van der Waals surface area contributed by atoms with Gasteiger partial charge in [-0.05, 0) is 0 Å². The van der Waals surface area contributed by atoms with Crippen LogP contribution in [0.2, 0.25) is 0 Å². The largest absolute Gasteiger partial charge is 0.493 e. The first kappa shape index (κ1) is 18.6. The van der Waals surface area contributed by atoms with Crippen molar-refractivity contribution in [2.45, 2.75) is 30.7 Å². The maximum Gasteiger partial charge on any atom is 0.229 e. The van der Waals surface area contributed by atoms with Gasteiger partial charge in [0.2, 0.25) is 12.0 Å². The van der Waals surface area contributed by atoms with Crippen LogP contribution >= 0.6 is 0 Å². The van der Waals surface area contributed by atoms with Gasteiger partial charge in [0.05, 0.1) is 27.9 Å². The molecule has 0 aliphatic carbocycles. The van der Waals surface area contributed by atoms with Crippen molar-refractivity contribution in [3.63, 3.8) is 0 Å². The van der Waals surface area contributed by atoms with Gasteiger partial charge in [0.15, 0.2) is 11.5 Å². The Balaban J connectivity index is 2.26. The number of ether oxygens (including phenoxy) is 5. The van der Waals surface area contributed by atoms with Crippen molar-refractivity contribution in [1.29, 1.82) is 0 Å². The number of hydrogen-bond donors (Lipinski definition) is 4. The summed E-state index contributed by atoms with van der Waals surface area (Å²) in [4.78, 5) is 0.